The lowest BCUT2D eigenvalue weighted by Crippen LogP contribution is -2.55. The van der Waals surface area contributed by atoms with Gasteiger partial charge in [0.1, 0.15) is 0 Å². The summed E-state index contributed by atoms with van der Waals surface area (Å²) in [6.07, 6.45) is -1.54. The second-order valence-corrected chi connectivity index (χ2v) is 8.64. The van der Waals surface area contributed by atoms with E-state index in [1.165, 1.54) is 12.1 Å². The Hall–Kier alpha value is -1.80. The number of halogens is 3. The highest BCUT2D eigenvalue weighted by Gasteiger charge is 2.32. The molecule has 0 saturated carbocycles. The van der Waals surface area contributed by atoms with Gasteiger partial charge in [-0.1, -0.05) is 6.07 Å². The molecular weight excluding hydrogens is 393 g/mol. The van der Waals surface area contributed by atoms with Crippen LogP contribution in [0.25, 0.3) is 0 Å². The smallest absolute Gasteiger partial charge is 0.369 e. The van der Waals surface area contributed by atoms with Crippen LogP contribution in [0.1, 0.15) is 38.7 Å². The predicted molar refractivity (Wildman–Crippen MR) is 113 cm³/mol. The van der Waals surface area contributed by atoms with Gasteiger partial charge in [-0.2, -0.15) is 13.2 Å². The van der Waals surface area contributed by atoms with Gasteiger partial charge in [-0.3, -0.25) is 9.69 Å². The molecule has 2 fully saturated rings. The van der Waals surface area contributed by atoms with Crippen molar-refractivity contribution >= 4 is 11.6 Å². The highest BCUT2D eigenvalue weighted by molar-refractivity contribution is 5.76. The van der Waals surface area contributed by atoms with Crippen LogP contribution in [-0.4, -0.2) is 73.6 Å². The van der Waals surface area contributed by atoms with Gasteiger partial charge < -0.3 is 15.1 Å². The van der Waals surface area contributed by atoms with E-state index in [1.54, 1.807) is 6.07 Å². The summed E-state index contributed by atoms with van der Waals surface area (Å²) < 4.78 is 39.0. The first-order valence-electron chi connectivity index (χ1n) is 10.9. The van der Waals surface area contributed by atoms with Gasteiger partial charge in [0, 0.05) is 63.5 Å². The lowest BCUT2D eigenvalue weighted by atomic mass is 10.0. The van der Waals surface area contributed by atoms with Crippen molar-refractivity contribution in [1.82, 2.24) is 15.1 Å². The molecule has 2 aliphatic rings. The second kappa shape index (κ2) is 10.0. The molecule has 1 amide bonds. The number of carbonyl (C=O) groups is 1. The highest BCUT2D eigenvalue weighted by Crippen LogP contribution is 2.32. The summed E-state index contributed by atoms with van der Waals surface area (Å²) >= 11 is 0. The van der Waals surface area contributed by atoms with Crippen molar-refractivity contribution in [3.63, 3.8) is 0 Å². The Kier molecular flexibility index (Phi) is 7.63. The molecule has 1 atom stereocenters. The van der Waals surface area contributed by atoms with Crippen LogP contribution in [0.3, 0.4) is 0 Å². The average Bonchev–Trinajstić information content (AvgIpc) is 2.72. The number of piperidine rings is 1. The summed E-state index contributed by atoms with van der Waals surface area (Å²) in [7, 11) is 0. The number of nitrogens with zero attached hydrogens (tertiary/aromatic N) is 3. The monoisotopic (exact) mass is 426 g/mol. The van der Waals surface area contributed by atoms with E-state index >= 15 is 0 Å². The van der Waals surface area contributed by atoms with E-state index in [9.17, 15) is 18.0 Å². The molecule has 0 radical (unpaired) electrons. The minimum Gasteiger partial charge on any atom is -0.369 e. The molecule has 3 rings (SSSR count). The molecule has 0 aromatic heterocycles. The predicted octanol–water partition coefficient (Wildman–Crippen LogP) is 3.21. The van der Waals surface area contributed by atoms with E-state index in [0.717, 1.165) is 64.7 Å². The Morgan fingerprint density at radius 1 is 1.17 bits per heavy atom. The quantitative estimate of drug-likeness (QED) is 0.758. The first-order chi connectivity index (χ1) is 14.2. The number of amides is 1. The SMILES string of the molecule is CC(C)NC(=O)CCN1CCC[C@H](N2CCN(c3cccc(C(F)(F)F)c3)CC2)C1. The van der Waals surface area contributed by atoms with Crippen molar-refractivity contribution in [2.45, 2.75) is 51.4 Å². The topological polar surface area (TPSA) is 38.8 Å². The van der Waals surface area contributed by atoms with Crippen LogP contribution in [0.15, 0.2) is 24.3 Å². The van der Waals surface area contributed by atoms with Crippen molar-refractivity contribution in [3.8, 4) is 0 Å². The van der Waals surface area contributed by atoms with Crippen molar-refractivity contribution in [1.29, 1.82) is 0 Å². The van der Waals surface area contributed by atoms with Crippen LogP contribution in [0, 0.1) is 0 Å². The molecule has 2 saturated heterocycles. The third-order valence-electron chi connectivity index (χ3n) is 5.95. The molecule has 1 aromatic carbocycles. The molecule has 30 heavy (non-hydrogen) atoms. The normalized spacial score (nSPS) is 21.8. The number of nitrogens with one attached hydrogen (secondary N) is 1. The summed E-state index contributed by atoms with van der Waals surface area (Å²) in [6, 6.07) is 6.24. The fourth-order valence-electron chi connectivity index (χ4n) is 4.41. The summed E-state index contributed by atoms with van der Waals surface area (Å²) in [4.78, 5) is 18.8. The molecule has 1 aromatic rings. The average molecular weight is 427 g/mol. The molecule has 0 aliphatic carbocycles. The fourth-order valence-corrected chi connectivity index (χ4v) is 4.41. The number of benzene rings is 1. The van der Waals surface area contributed by atoms with E-state index < -0.39 is 11.7 Å². The number of anilines is 1. The van der Waals surface area contributed by atoms with Crippen molar-refractivity contribution in [2.75, 3.05) is 50.7 Å². The number of hydrogen-bond acceptors (Lipinski definition) is 4. The third-order valence-corrected chi connectivity index (χ3v) is 5.95. The lowest BCUT2D eigenvalue weighted by Gasteiger charge is -2.44. The molecule has 2 aliphatic heterocycles. The number of piperazine rings is 1. The molecule has 0 spiro atoms. The fraction of sp³-hybridized carbons (Fsp3) is 0.682. The molecule has 8 heteroatoms. The maximum atomic E-state index is 13.0. The van der Waals surface area contributed by atoms with Crippen LogP contribution < -0.4 is 10.2 Å². The van der Waals surface area contributed by atoms with Gasteiger partial charge in [0.05, 0.1) is 5.56 Å². The van der Waals surface area contributed by atoms with Gasteiger partial charge in [-0.25, -0.2) is 0 Å². The van der Waals surface area contributed by atoms with Gasteiger partial charge in [-0.05, 0) is 51.4 Å². The Morgan fingerprint density at radius 2 is 1.90 bits per heavy atom. The summed E-state index contributed by atoms with van der Waals surface area (Å²) in [6.45, 7) is 9.85. The van der Waals surface area contributed by atoms with E-state index in [0.29, 0.717) is 18.2 Å². The Balaban J connectivity index is 1.48. The standard InChI is InChI=1S/C22H33F3N4O/c1-17(2)26-21(30)8-10-27-9-4-7-20(16-27)29-13-11-28(12-14-29)19-6-3-5-18(15-19)22(23,24)25/h3,5-6,15,17,20H,4,7-14,16H2,1-2H3,(H,26,30)/t20-/m0/s1. The van der Waals surface area contributed by atoms with E-state index in [1.807, 2.05) is 18.7 Å². The van der Waals surface area contributed by atoms with Crippen molar-refractivity contribution < 1.29 is 18.0 Å². The Morgan fingerprint density at radius 3 is 2.57 bits per heavy atom. The number of alkyl halides is 3. The van der Waals surface area contributed by atoms with Gasteiger partial charge in [-0.15, -0.1) is 0 Å². The largest absolute Gasteiger partial charge is 0.416 e. The van der Waals surface area contributed by atoms with E-state index in [4.69, 9.17) is 0 Å². The summed E-state index contributed by atoms with van der Waals surface area (Å²) in [5.74, 6) is 0.0989. The number of likely N-dealkylation sites (tertiary alicyclic amines) is 1. The number of rotatable bonds is 6. The molecule has 2 heterocycles. The zero-order chi connectivity index (χ0) is 21.7. The lowest BCUT2D eigenvalue weighted by molar-refractivity contribution is -0.137. The van der Waals surface area contributed by atoms with Crippen LogP contribution >= 0.6 is 0 Å². The van der Waals surface area contributed by atoms with Crippen molar-refractivity contribution in [2.24, 2.45) is 0 Å². The molecular formula is C22H33F3N4O. The van der Waals surface area contributed by atoms with Gasteiger partial charge in [0.2, 0.25) is 5.91 Å². The Bertz CT molecular complexity index is 702. The van der Waals surface area contributed by atoms with Crippen LogP contribution in [0.5, 0.6) is 0 Å². The minimum atomic E-state index is -4.31. The van der Waals surface area contributed by atoms with Crippen LogP contribution in [0.2, 0.25) is 0 Å². The number of hydrogen-bond donors (Lipinski definition) is 1. The molecule has 0 bridgehead atoms. The molecule has 1 N–H and O–H groups in total. The first-order valence-corrected chi connectivity index (χ1v) is 10.9. The molecule has 168 valence electrons. The maximum Gasteiger partial charge on any atom is 0.416 e. The van der Waals surface area contributed by atoms with Gasteiger partial charge >= 0.3 is 6.18 Å². The summed E-state index contributed by atoms with van der Waals surface area (Å²) in [5, 5.41) is 2.94. The van der Waals surface area contributed by atoms with Gasteiger partial charge in [0.25, 0.3) is 0 Å². The minimum absolute atomic E-state index is 0.0989. The zero-order valence-corrected chi connectivity index (χ0v) is 17.9. The van der Waals surface area contributed by atoms with Gasteiger partial charge in [0.15, 0.2) is 0 Å². The third kappa shape index (κ3) is 6.35. The summed E-state index contributed by atoms with van der Waals surface area (Å²) in [5.41, 5.74) is 0.0535. The maximum absolute atomic E-state index is 13.0. The van der Waals surface area contributed by atoms with E-state index in [-0.39, 0.29) is 11.9 Å². The van der Waals surface area contributed by atoms with Crippen molar-refractivity contribution in [3.05, 3.63) is 29.8 Å². The van der Waals surface area contributed by atoms with Crippen LogP contribution in [0.4, 0.5) is 18.9 Å². The van der Waals surface area contributed by atoms with Crippen LogP contribution in [-0.2, 0) is 11.0 Å². The number of carbonyl (C=O) groups excluding carboxylic acids is 1. The second-order valence-electron chi connectivity index (χ2n) is 8.64. The first kappa shape index (κ1) is 22.9. The molecule has 0 unspecified atom stereocenters. The van der Waals surface area contributed by atoms with E-state index in [2.05, 4.69) is 15.1 Å². The Labute approximate surface area is 177 Å². The molecule has 5 nitrogen and oxygen atoms in total. The highest BCUT2D eigenvalue weighted by atomic mass is 19.4. The zero-order valence-electron chi connectivity index (χ0n) is 17.9.